The van der Waals surface area contributed by atoms with E-state index >= 15 is 0 Å². The first-order chi connectivity index (χ1) is 6.22. The Balaban J connectivity index is 3.85. The third-order valence-corrected chi connectivity index (χ3v) is 2.85. The summed E-state index contributed by atoms with van der Waals surface area (Å²) in [7, 11) is 1.72. The maximum absolute atomic E-state index is 11.5. The molecule has 3 nitrogen and oxygen atoms in total. The minimum absolute atomic E-state index is 0.0748. The SMILES string of the molecule is CC(O)CN(C)C(=O)CSC(C)(C)C. The van der Waals surface area contributed by atoms with Crippen molar-refractivity contribution in [1.82, 2.24) is 4.90 Å². The molecule has 0 aromatic carbocycles. The molecule has 0 rings (SSSR count). The van der Waals surface area contributed by atoms with Crippen molar-refractivity contribution in [2.45, 2.75) is 38.5 Å². The summed E-state index contributed by atoms with van der Waals surface area (Å²) in [6.07, 6.45) is -0.455. The highest BCUT2D eigenvalue weighted by Gasteiger charge is 2.16. The van der Waals surface area contributed by atoms with Crippen molar-refractivity contribution < 1.29 is 9.90 Å². The average Bonchev–Trinajstić information content (AvgIpc) is 1.97. The molecule has 0 aliphatic carbocycles. The van der Waals surface area contributed by atoms with E-state index in [0.29, 0.717) is 12.3 Å². The number of aliphatic hydroxyl groups is 1. The van der Waals surface area contributed by atoms with Crippen LogP contribution in [0.5, 0.6) is 0 Å². The number of amides is 1. The van der Waals surface area contributed by atoms with Crippen LogP contribution in [0.2, 0.25) is 0 Å². The molecular formula is C10H21NO2S. The van der Waals surface area contributed by atoms with Gasteiger partial charge in [-0.2, -0.15) is 0 Å². The van der Waals surface area contributed by atoms with Gasteiger partial charge in [0, 0.05) is 18.3 Å². The zero-order valence-corrected chi connectivity index (χ0v) is 10.5. The highest BCUT2D eigenvalue weighted by molar-refractivity contribution is 8.01. The van der Waals surface area contributed by atoms with E-state index in [0.717, 1.165) is 0 Å². The molecular weight excluding hydrogens is 198 g/mol. The van der Waals surface area contributed by atoms with Crippen LogP contribution in [-0.4, -0.2) is 46.1 Å². The Kier molecular flexibility index (Phi) is 5.52. The van der Waals surface area contributed by atoms with Crippen LogP contribution in [0, 0.1) is 0 Å². The standard InChI is InChI=1S/C10H21NO2S/c1-8(12)6-11(5)9(13)7-14-10(2,3)4/h8,12H,6-7H2,1-5H3. The van der Waals surface area contributed by atoms with E-state index in [2.05, 4.69) is 20.8 Å². The molecule has 0 aromatic rings. The Hall–Kier alpha value is -0.220. The number of rotatable bonds is 4. The van der Waals surface area contributed by atoms with Gasteiger partial charge in [-0.3, -0.25) is 4.79 Å². The largest absolute Gasteiger partial charge is 0.392 e. The van der Waals surface area contributed by atoms with E-state index in [1.165, 1.54) is 0 Å². The van der Waals surface area contributed by atoms with E-state index in [1.807, 2.05) is 0 Å². The fraction of sp³-hybridized carbons (Fsp3) is 0.900. The number of hydrogen-bond acceptors (Lipinski definition) is 3. The van der Waals surface area contributed by atoms with Crippen molar-refractivity contribution in [2.75, 3.05) is 19.3 Å². The van der Waals surface area contributed by atoms with Crippen LogP contribution in [-0.2, 0) is 4.79 Å². The van der Waals surface area contributed by atoms with E-state index in [1.54, 1.807) is 30.6 Å². The van der Waals surface area contributed by atoms with Gasteiger partial charge in [0.1, 0.15) is 0 Å². The lowest BCUT2D eigenvalue weighted by molar-refractivity contribution is -0.128. The van der Waals surface area contributed by atoms with Crippen molar-refractivity contribution in [3.05, 3.63) is 0 Å². The number of carbonyl (C=O) groups is 1. The molecule has 0 radical (unpaired) electrons. The van der Waals surface area contributed by atoms with Gasteiger partial charge in [0.25, 0.3) is 0 Å². The summed E-state index contributed by atoms with van der Waals surface area (Å²) < 4.78 is 0.112. The predicted molar refractivity (Wildman–Crippen MR) is 61.5 cm³/mol. The fourth-order valence-corrected chi connectivity index (χ4v) is 1.66. The molecule has 0 saturated heterocycles. The smallest absolute Gasteiger partial charge is 0.232 e. The summed E-state index contributed by atoms with van der Waals surface area (Å²) in [5, 5.41) is 9.10. The normalized spacial score (nSPS) is 13.9. The monoisotopic (exact) mass is 219 g/mol. The second-order valence-corrected chi connectivity index (χ2v) is 6.33. The van der Waals surface area contributed by atoms with Gasteiger partial charge in [0.2, 0.25) is 5.91 Å². The molecule has 0 fully saturated rings. The summed E-state index contributed by atoms with van der Waals surface area (Å²) in [5.41, 5.74) is 0. The lowest BCUT2D eigenvalue weighted by Gasteiger charge is -2.22. The molecule has 1 amide bonds. The van der Waals surface area contributed by atoms with Gasteiger partial charge in [-0.05, 0) is 6.92 Å². The minimum atomic E-state index is -0.455. The summed E-state index contributed by atoms with van der Waals surface area (Å²) in [4.78, 5) is 13.1. The van der Waals surface area contributed by atoms with Gasteiger partial charge >= 0.3 is 0 Å². The number of nitrogens with zero attached hydrogens (tertiary/aromatic N) is 1. The summed E-state index contributed by atoms with van der Waals surface area (Å²) in [6.45, 7) is 8.34. The Bertz CT molecular complexity index is 187. The number of carbonyl (C=O) groups excluding carboxylic acids is 1. The van der Waals surface area contributed by atoms with Crippen molar-refractivity contribution in [3.63, 3.8) is 0 Å². The molecule has 0 bridgehead atoms. The maximum atomic E-state index is 11.5. The van der Waals surface area contributed by atoms with Crippen molar-refractivity contribution in [3.8, 4) is 0 Å². The van der Waals surface area contributed by atoms with Crippen LogP contribution in [0.1, 0.15) is 27.7 Å². The lowest BCUT2D eigenvalue weighted by Crippen LogP contribution is -2.34. The number of thioether (sulfide) groups is 1. The zero-order chi connectivity index (χ0) is 11.4. The summed E-state index contributed by atoms with van der Waals surface area (Å²) >= 11 is 1.62. The zero-order valence-electron chi connectivity index (χ0n) is 9.70. The molecule has 14 heavy (non-hydrogen) atoms. The molecule has 1 unspecified atom stereocenters. The van der Waals surface area contributed by atoms with Crippen LogP contribution in [0.25, 0.3) is 0 Å². The number of likely N-dealkylation sites (N-methyl/N-ethyl adjacent to an activating group) is 1. The fourth-order valence-electron chi connectivity index (χ4n) is 0.887. The van der Waals surface area contributed by atoms with Crippen molar-refractivity contribution in [1.29, 1.82) is 0 Å². The van der Waals surface area contributed by atoms with Gasteiger partial charge < -0.3 is 10.0 Å². The van der Waals surface area contributed by atoms with E-state index < -0.39 is 6.10 Å². The van der Waals surface area contributed by atoms with Crippen LogP contribution in [0.3, 0.4) is 0 Å². The molecule has 0 aliphatic rings. The maximum Gasteiger partial charge on any atom is 0.232 e. The Morgan fingerprint density at radius 3 is 2.36 bits per heavy atom. The van der Waals surface area contributed by atoms with Crippen molar-refractivity contribution in [2.24, 2.45) is 0 Å². The Labute approximate surface area is 90.9 Å². The minimum Gasteiger partial charge on any atom is -0.392 e. The Morgan fingerprint density at radius 2 is 2.00 bits per heavy atom. The highest BCUT2D eigenvalue weighted by Crippen LogP contribution is 2.22. The second-order valence-electron chi connectivity index (χ2n) is 4.52. The molecule has 1 atom stereocenters. The second kappa shape index (κ2) is 5.61. The number of aliphatic hydroxyl groups excluding tert-OH is 1. The molecule has 0 spiro atoms. The van der Waals surface area contributed by atoms with Crippen LogP contribution in [0.4, 0.5) is 0 Å². The summed E-state index contributed by atoms with van der Waals surface area (Å²) in [6, 6.07) is 0. The van der Waals surface area contributed by atoms with E-state index in [9.17, 15) is 4.79 Å². The first-order valence-corrected chi connectivity index (χ1v) is 5.77. The third-order valence-electron chi connectivity index (χ3n) is 1.59. The molecule has 0 heterocycles. The highest BCUT2D eigenvalue weighted by atomic mass is 32.2. The predicted octanol–water partition coefficient (Wildman–Crippen LogP) is 1.36. The average molecular weight is 219 g/mol. The van der Waals surface area contributed by atoms with Gasteiger partial charge in [0.05, 0.1) is 11.9 Å². The van der Waals surface area contributed by atoms with Gasteiger partial charge in [-0.25, -0.2) is 0 Å². The number of hydrogen-bond donors (Lipinski definition) is 1. The molecule has 4 heteroatoms. The van der Waals surface area contributed by atoms with Gasteiger partial charge in [0.15, 0.2) is 0 Å². The molecule has 0 aliphatic heterocycles. The first-order valence-electron chi connectivity index (χ1n) is 4.78. The van der Waals surface area contributed by atoms with Gasteiger partial charge in [-0.15, -0.1) is 11.8 Å². The molecule has 0 saturated carbocycles. The summed E-state index contributed by atoms with van der Waals surface area (Å²) in [5.74, 6) is 0.554. The lowest BCUT2D eigenvalue weighted by atomic mass is 10.3. The molecule has 0 aromatic heterocycles. The van der Waals surface area contributed by atoms with Crippen LogP contribution < -0.4 is 0 Å². The van der Waals surface area contributed by atoms with E-state index in [-0.39, 0.29) is 10.7 Å². The third kappa shape index (κ3) is 7.21. The van der Waals surface area contributed by atoms with Crippen molar-refractivity contribution >= 4 is 17.7 Å². The Morgan fingerprint density at radius 1 is 1.50 bits per heavy atom. The van der Waals surface area contributed by atoms with Crippen LogP contribution in [0.15, 0.2) is 0 Å². The van der Waals surface area contributed by atoms with Crippen LogP contribution >= 0.6 is 11.8 Å². The quantitative estimate of drug-likeness (QED) is 0.776. The molecule has 84 valence electrons. The molecule has 1 N–H and O–H groups in total. The topological polar surface area (TPSA) is 40.5 Å². The van der Waals surface area contributed by atoms with E-state index in [4.69, 9.17) is 5.11 Å². The van der Waals surface area contributed by atoms with Gasteiger partial charge in [-0.1, -0.05) is 20.8 Å². The first kappa shape index (κ1) is 13.8.